The van der Waals surface area contributed by atoms with Gasteiger partial charge < -0.3 is 4.74 Å². The molecule has 0 aromatic rings. The molecule has 0 radical (unpaired) electrons. The van der Waals surface area contributed by atoms with Crippen LogP contribution in [0.15, 0.2) is 0 Å². The van der Waals surface area contributed by atoms with Gasteiger partial charge in [-0.15, -0.1) is 0 Å². The van der Waals surface area contributed by atoms with E-state index >= 15 is 0 Å². The van der Waals surface area contributed by atoms with Crippen LogP contribution in [0, 0.1) is 0 Å². The molecule has 0 aliphatic heterocycles. The summed E-state index contributed by atoms with van der Waals surface area (Å²) < 4.78 is 5.19. The first-order chi connectivity index (χ1) is 2.81. The molecule has 4 heteroatoms. The van der Waals surface area contributed by atoms with Crippen molar-refractivity contribution in [1.82, 2.24) is 0 Å². The summed E-state index contributed by atoms with van der Waals surface area (Å²) in [5.41, 5.74) is 0. The van der Waals surface area contributed by atoms with Gasteiger partial charge in [0.05, 0.1) is 7.11 Å². The second kappa shape index (κ2) is 6.73. The number of methoxy groups -OCH3 is 1. The molecular formula is C3H6NiOS2. The first-order valence-electron chi connectivity index (χ1n) is 1.43. The number of ether oxygens (including phenoxy) is 1. The standard InChI is InChI=1S/C3H6OS2.Ni/c1-4-3(5)6-2;/h1-2H3;. The van der Waals surface area contributed by atoms with Gasteiger partial charge in [-0.05, 0) is 18.5 Å². The fourth-order valence-electron chi connectivity index (χ4n) is 0.0833. The third-order valence-corrected chi connectivity index (χ3v) is 1.50. The molecule has 0 aromatic carbocycles. The van der Waals surface area contributed by atoms with E-state index in [0.29, 0.717) is 4.38 Å². The Bertz CT molecular complexity index is 50.9. The number of thioether (sulfide) groups is 1. The van der Waals surface area contributed by atoms with E-state index in [1.165, 1.54) is 11.8 Å². The van der Waals surface area contributed by atoms with Crippen LogP contribution in [0.5, 0.6) is 0 Å². The Morgan fingerprint density at radius 2 is 2.14 bits per heavy atom. The number of hydrogen-bond acceptors (Lipinski definition) is 3. The SMILES string of the molecule is COC(=S)SC.[Ni]. The Morgan fingerprint density at radius 1 is 1.71 bits per heavy atom. The summed E-state index contributed by atoms with van der Waals surface area (Å²) in [4.78, 5) is 0. The summed E-state index contributed by atoms with van der Waals surface area (Å²) in [6, 6.07) is 0. The van der Waals surface area contributed by atoms with Gasteiger partial charge in [-0.3, -0.25) is 0 Å². The van der Waals surface area contributed by atoms with E-state index in [1.54, 1.807) is 7.11 Å². The average molecular weight is 181 g/mol. The summed E-state index contributed by atoms with van der Waals surface area (Å²) >= 11 is 6.03. The normalized spacial score (nSPS) is 6.57. The molecule has 0 rings (SSSR count). The second-order valence-corrected chi connectivity index (χ2v) is 2.07. The second-order valence-electron chi connectivity index (χ2n) is 0.658. The molecule has 0 bridgehead atoms. The van der Waals surface area contributed by atoms with Crippen molar-refractivity contribution in [3.63, 3.8) is 0 Å². The van der Waals surface area contributed by atoms with Crippen molar-refractivity contribution < 1.29 is 21.2 Å². The molecule has 7 heavy (non-hydrogen) atoms. The fraction of sp³-hybridized carbons (Fsp3) is 0.667. The largest absolute Gasteiger partial charge is 0.482 e. The molecule has 0 aliphatic rings. The van der Waals surface area contributed by atoms with Crippen LogP contribution in [0.1, 0.15) is 0 Å². The van der Waals surface area contributed by atoms with Gasteiger partial charge in [-0.25, -0.2) is 0 Å². The fourth-order valence-corrected chi connectivity index (χ4v) is 0.250. The van der Waals surface area contributed by atoms with E-state index in [0.717, 1.165) is 0 Å². The average Bonchev–Trinajstić information content (AvgIpc) is 1.65. The van der Waals surface area contributed by atoms with E-state index in [2.05, 4.69) is 17.0 Å². The first kappa shape index (κ1) is 10.7. The Balaban J connectivity index is 0. The minimum absolute atomic E-state index is 0. The van der Waals surface area contributed by atoms with Crippen LogP contribution in [0.4, 0.5) is 0 Å². The van der Waals surface area contributed by atoms with Gasteiger partial charge >= 0.3 is 0 Å². The summed E-state index contributed by atoms with van der Waals surface area (Å²) in [6.45, 7) is 0. The van der Waals surface area contributed by atoms with Crippen molar-refractivity contribution in [2.24, 2.45) is 0 Å². The van der Waals surface area contributed by atoms with E-state index in [9.17, 15) is 0 Å². The van der Waals surface area contributed by atoms with Crippen molar-refractivity contribution in [2.45, 2.75) is 0 Å². The number of thiocarbonyl (C=S) groups is 1. The molecule has 0 saturated carbocycles. The van der Waals surface area contributed by atoms with E-state index < -0.39 is 0 Å². The third kappa shape index (κ3) is 6.73. The van der Waals surface area contributed by atoms with Crippen LogP contribution in [-0.2, 0) is 21.2 Å². The van der Waals surface area contributed by atoms with Crippen LogP contribution in [0.2, 0.25) is 0 Å². The summed E-state index contributed by atoms with van der Waals surface area (Å²) in [7, 11) is 1.57. The molecule has 0 N–H and O–H groups in total. The molecule has 0 saturated heterocycles. The van der Waals surface area contributed by atoms with Gasteiger partial charge in [0.15, 0.2) is 0 Å². The molecule has 0 heterocycles. The molecule has 0 aromatic heterocycles. The Kier molecular flexibility index (Phi) is 10.3. The molecule has 0 amide bonds. The maximum absolute atomic E-state index is 4.60. The van der Waals surface area contributed by atoms with Gasteiger partial charge in [0.1, 0.15) is 0 Å². The van der Waals surface area contributed by atoms with Crippen LogP contribution in [0.3, 0.4) is 0 Å². The third-order valence-electron chi connectivity index (χ3n) is 0.333. The Labute approximate surface area is 63.1 Å². The van der Waals surface area contributed by atoms with E-state index in [1.807, 2.05) is 6.26 Å². The van der Waals surface area contributed by atoms with Gasteiger partial charge in [0, 0.05) is 16.5 Å². The molecule has 0 atom stereocenters. The number of rotatable bonds is 0. The minimum Gasteiger partial charge on any atom is -0.482 e. The van der Waals surface area contributed by atoms with Gasteiger partial charge in [0.25, 0.3) is 0 Å². The van der Waals surface area contributed by atoms with Gasteiger partial charge in [-0.2, -0.15) is 0 Å². The molecule has 0 aliphatic carbocycles. The van der Waals surface area contributed by atoms with Gasteiger partial charge in [-0.1, -0.05) is 11.8 Å². The summed E-state index contributed by atoms with van der Waals surface area (Å²) in [5, 5.41) is 0. The minimum atomic E-state index is 0. The Morgan fingerprint density at radius 3 is 2.14 bits per heavy atom. The molecule has 0 fully saturated rings. The van der Waals surface area contributed by atoms with Crippen molar-refractivity contribution >= 4 is 28.4 Å². The zero-order valence-electron chi connectivity index (χ0n) is 4.04. The van der Waals surface area contributed by atoms with Crippen molar-refractivity contribution in [1.29, 1.82) is 0 Å². The molecule has 1 nitrogen and oxygen atoms in total. The monoisotopic (exact) mass is 180 g/mol. The molecular weight excluding hydrogens is 175 g/mol. The maximum atomic E-state index is 4.60. The van der Waals surface area contributed by atoms with Crippen LogP contribution in [0.25, 0.3) is 0 Å². The predicted molar refractivity (Wildman–Crippen MR) is 33.1 cm³/mol. The maximum Gasteiger partial charge on any atom is 0.219 e. The zero-order valence-corrected chi connectivity index (χ0v) is 6.66. The van der Waals surface area contributed by atoms with Crippen LogP contribution < -0.4 is 0 Å². The predicted octanol–water partition coefficient (Wildman–Crippen LogP) is 1.28. The first-order valence-corrected chi connectivity index (χ1v) is 3.06. The molecule has 0 spiro atoms. The molecule has 0 unspecified atom stereocenters. The van der Waals surface area contributed by atoms with Crippen LogP contribution in [-0.4, -0.2) is 17.7 Å². The summed E-state index contributed by atoms with van der Waals surface area (Å²) in [5.74, 6) is 0. The number of hydrogen-bond donors (Lipinski definition) is 0. The smallest absolute Gasteiger partial charge is 0.219 e. The quantitative estimate of drug-likeness (QED) is 0.411. The van der Waals surface area contributed by atoms with Crippen molar-refractivity contribution in [3.8, 4) is 0 Å². The summed E-state index contributed by atoms with van der Waals surface area (Å²) in [6.07, 6.45) is 1.88. The van der Waals surface area contributed by atoms with Crippen LogP contribution >= 0.6 is 24.0 Å². The Hall–Kier alpha value is 0.734. The van der Waals surface area contributed by atoms with E-state index in [-0.39, 0.29) is 16.5 Å². The van der Waals surface area contributed by atoms with Gasteiger partial charge in [0.2, 0.25) is 4.38 Å². The van der Waals surface area contributed by atoms with Crippen molar-refractivity contribution in [2.75, 3.05) is 13.4 Å². The zero-order chi connectivity index (χ0) is 4.99. The molecule has 46 valence electrons. The topological polar surface area (TPSA) is 9.23 Å². The van der Waals surface area contributed by atoms with Crippen molar-refractivity contribution in [3.05, 3.63) is 0 Å². The van der Waals surface area contributed by atoms with E-state index in [4.69, 9.17) is 0 Å².